The average Bonchev–Trinajstić information content (AvgIpc) is 2.76. The van der Waals surface area contributed by atoms with Crippen LogP contribution in [0, 0.1) is 6.92 Å². The van der Waals surface area contributed by atoms with E-state index in [4.69, 9.17) is 4.74 Å². The maximum Gasteiger partial charge on any atom is 0.416 e. The van der Waals surface area contributed by atoms with E-state index in [1.165, 1.54) is 12.1 Å². The van der Waals surface area contributed by atoms with Crippen LogP contribution in [0.4, 0.5) is 13.2 Å². The zero-order valence-electron chi connectivity index (χ0n) is 18.8. The molecule has 0 spiro atoms. The van der Waals surface area contributed by atoms with Gasteiger partial charge >= 0.3 is 12.1 Å². The number of hydrogen-bond donors (Lipinski definition) is 0. The van der Waals surface area contributed by atoms with Crippen molar-refractivity contribution in [2.24, 2.45) is 0 Å². The Morgan fingerprint density at radius 2 is 1.61 bits per heavy atom. The van der Waals surface area contributed by atoms with E-state index in [0.717, 1.165) is 34.4 Å². The molecule has 3 unspecified atom stereocenters. The van der Waals surface area contributed by atoms with Gasteiger partial charge in [-0.25, -0.2) is 0 Å². The summed E-state index contributed by atoms with van der Waals surface area (Å²) in [6.07, 6.45) is -3.55. The third kappa shape index (κ3) is 5.72. The van der Waals surface area contributed by atoms with E-state index in [2.05, 4.69) is 0 Å². The van der Waals surface area contributed by atoms with Crippen LogP contribution in [0.2, 0.25) is 0 Å². The van der Waals surface area contributed by atoms with Gasteiger partial charge in [0.1, 0.15) is 12.0 Å². The van der Waals surface area contributed by atoms with Crippen LogP contribution in [0.25, 0.3) is 0 Å². The lowest BCUT2D eigenvalue weighted by Gasteiger charge is -2.29. The SMILES string of the molecule is CCc1cc(C)cc(CC)c1C1C(=O)CC(CCS(=O)c2ccc(C(F)(F)F)cc2)OC1=O. The molecule has 0 saturated carbocycles. The van der Waals surface area contributed by atoms with Gasteiger partial charge in [0.05, 0.1) is 16.4 Å². The molecule has 2 aromatic rings. The van der Waals surface area contributed by atoms with Crippen molar-refractivity contribution in [2.45, 2.75) is 69.5 Å². The number of carbonyl (C=O) groups is 2. The van der Waals surface area contributed by atoms with E-state index < -0.39 is 40.5 Å². The maximum atomic E-state index is 13.0. The number of halogens is 3. The minimum absolute atomic E-state index is 0.0286. The molecular weight excluding hydrogens is 453 g/mol. The van der Waals surface area contributed by atoms with Crippen molar-refractivity contribution < 1.29 is 31.7 Å². The Kier molecular flexibility index (Phi) is 7.77. The molecule has 0 radical (unpaired) electrons. The Morgan fingerprint density at radius 3 is 2.09 bits per heavy atom. The summed E-state index contributed by atoms with van der Waals surface area (Å²) >= 11 is 0. The first-order valence-electron chi connectivity index (χ1n) is 11.0. The zero-order chi connectivity index (χ0) is 24.3. The quantitative estimate of drug-likeness (QED) is 0.398. The summed E-state index contributed by atoms with van der Waals surface area (Å²) < 4.78 is 56.2. The van der Waals surface area contributed by atoms with Gasteiger partial charge in [0.25, 0.3) is 0 Å². The van der Waals surface area contributed by atoms with Gasteiger partial charge in [-0.2, -0.15) is 13.2 Å². The number of ketones is 1. The molecule has 0 amide bonds. The number of benzene rings is 2. The van der Waals surface area contributed by atoms with E-state index >= 15 is 0 Å². The fraction of sp³-hybridized carbons (Fsp3) is 0.440. The second-order valence-corrected chi connectivity index (χ2v) is 9.80. The Bertz CT molecular complexity index is 1020. The fourth-order valence-corrected chi connectivity index (χ4v) is 5.40. The molecule has 4 nitrogen and oxygen atoms in total. The summed E-state index contributed by atoms with van der Waals surface area (Å²) in [7, 11) is -1.57. The smallest absolute Gasteiger partial charge is 0.416 e. The Balaban J connectivity index is 1.68. The third-order valence-corrected chi connectivity index (χ3v) is 7.29. The standard InChI is InChI=1S/C25H27F3O4S/c1-4-16-12-15(3)13-17(5-2)22(16)23-21(29)14-19(32-24(23)30)10-11-33(31)20-8-6-18(7-9-20)25(26,27)28/h6-9,12-13,19,23H,4-5,10-11,14H2,1-3H3. The van der Waals surface area contributed by atoms with Crippen LogP contribution in [0.15, 0.2) is 41.3 Å². The summed E-state index contributed by atoms with van der Waals surface area (Å²) in [5.41, 5.74) is 2.93. The van der Waals surface area contributed by atoms with Gasteiger partial charge in [-0.15, -0.1) is 0 Å². The minimum atomic E-state index is -4.46. The number of carbonyl (C=O) groups excluding carboxylic acids is 2. The highest BCUT2D eigenvalue weighted by Crippen LogP contribution is 2.34. The van der Waals surface area contributed by atoms with Crippen molar-refractivity contribution in [3.63, 3.8) is 0 Å². The molecule has 0 bridgehead atoms. The number of hydrogen-bond acceptors (Lipinski definition) is 4. The highest BCUT2D eigenvalue weighted by molar-refractivity contribution is 7.85. The predicted molar refractivity (Wildman–Crippen MR) is 120 cm³/mol. The lowest BCUT2D eigenvalue weighted by atomic mass is 9.81. The molecule has 0 aromatic heterocycles. The number of ether oxygens (including phenoxy) is 1. The second kappa shape index (κ2) is 10.2. The number of alkyl halides is 3. The maximum absolute atomic E-state index is 13.0. The van der Waals surface area contributed by atoms with E-state index in [9.17, 15) is 27.0 Å². The number of Topliss-reactive ketones (excluding diaryl/α,β-unsaturated/α-hetero) is 1. The number of aryl methyl sites for hydroxylation is 3. The molecule has 3 atom stereocenters. The highest BCUT2D eigenvalue weighted by atomic mass is 32.2. The summed E-state index contributed by atoms with van der Waals surface area (Å²) in [5, 5.41) is 0. The van der Waals surface area contributed by atoms with Crippen LogP contribution >= 0.6 is 0 Å². The lowest BCUT2D eigenvalue weighted by Crippen LogP contribution is -2.38. The largest absolute Gasteiger partial charge is 0.461 e. The number of rotatable bonds is 7. The van der Waals surface area contributed by atoms with Crippen molar-refractivity contribution in [1.82, 2.24) is 0 Å². The Hall–Kier alpha value is -2.48. The zero-order valence-corrected chi connectivity index (χ0v) is 19.6. The van der Waals surface area contributed by atoms with Crippen LogP contribution in [0.3, 0.4) is 0 Å². The molecule has 1 fully saturated rings. The van der Waals surface area contributed by atoms with Gasteiger partial charge in [-0.1, -0.05) is 31.5 Å². The summed E-state index contributed by atoms with van der Waals surface area (Å²) in [4.78, 5) is 26.1. The molecule has 2 aromatic carbocycles. The van der Waals surface area contributed by atoms with Crippen LogP contribution in [0.5, 0.6) is 0 Å². The summed E-state index contributed by atoms with van der Waals surface area (Å²) in [5.74, 6) is -1.69. The van der Waals surface area contributed by atoms with E-state index in [1.807, 2.05) is 32.9 Å². The van der Waals surface area contributed by atoms with Gasteiger partial charge in [0.15, 0.2) is 5.78 Å². The lowest BCUT2D eigenvalue weighted by molar-refractivity contribution is -0.160. The van der Waals surface area contributed by atoms with Crippen molar-refractivity contribution in [2.75, 3.05) is 5.75 Å². The van der Waals surface area contributed by atoms with Gasteiger partial charge in [0, 0.05) is 17.1 Å². The first-order chi connectivity index (χ1) is 15.5. The molecule has 1 heterocycles. The minimum Gasteiger partial charge on any atom is -0.461 e. The van der Waals surface area contributed by atoms with Gasteiger partial charge in [0.2, 0.25) is 0 Å². The van der Waals surface area contributed by atoms with E-state index in [0.29, 0.717) is 12.8 Å². The van der Waals surface area contributed by atoms with Crippen molar-refractivity contribution >= 4 is 22.6 Å². The molecule has 0 N–H and O–H groups in total. The topological polar surface area (TPSA) is 60.4 Å². The molecule has 1 aliphatic heterocycles. The molecule has 8 heteroatoms. The normalized spacial score (nSPS) is 19.9. The van der Waals surface area contributed by atoms with E-state index in [1.54, 1.807) is 0 Å². The first kappa shape index (κ1) is 25.1. The summed E-state index contributed by atoms with van der Waals surface area (Å²) in [6.45, 7) is 5.95. The molecule has 33 heavy (non-hydrogen) atoms. The van der Waals surface area contributed by atoms with Gasteiger partial charge in [-0.05, 0) is 67.1 Å². The van der Waals surface area contributed by atoms with Crippen molar-refractivity contribution in [1.29, 1.82) is 0 Å². The molecule has 3 rings (SSSR count). The first-order valence-corrected chi connectivity index (χ1v) is 12.3. The fourth-order valence-electron chi connectivity index (χ4n) is 4.25. The van der Waals surface area contributed by atoms with Crippen LogP contribution in [-0.4, -0.2) is 27.8 Å². The van der Waals surface area contributed by atoms with Gasteiger partial charge in [-0.3, -0.25) is 13.8 Å². The van der Waals surface area contributed by atoms with Crippen LogP contribution in [0.1, 0.15) is 60.4 Å². The van der Waals surface area contributed by atoms with Crippen LogP contribution in [-0.2, 0) is 44.1 Å². The molecule has 1 saturated heterocycles. The van der Waals surface area contributed by atoms with Crippen LogP contribution < -0.4 is 0 Å². The third-order valence-electron chi connectivity index (χ3n) is 5.89. The average molecular weight is 481 g/mol. The molecule has 0 aliphatic carbocycles. The Labute approximate surface area is 194 Å². The summed E-state index contributed by atoms with van der Waals surface area (Å²) in [6, 6.07) is 8.13. The highest BCUT2D eigenvalue weighted by Gasteiger charge is 2.40. The monoisotopic (exact) mass is 480 g/mol. The molecule has 1 aliphatic rings. The van der Waals surface area contributed by atoms with E-state index in [-0.39, 0.29) is 29.3 Å². The second-order valence-electron chi connectivity index (χ2n) is 8.23. The van der Waals surface area contributed by atoms with Gasteiger partial charge < -0.3 is 4.74 Å². The van der Waals surface area contributed by atoms with Crippen molar-refractivity contribution in [3.8, 4) is 0 Å². The number of esters is 1. The predicted octanol–water partition coefficient (Wildman–Crippen LogP) is 5.30. The molecular formula is C25H27F3O4S. The Morgan fingerprint density at radius 1 is 1.03 bits per heavy atom. The number of cyclic esters (lactones) is 1. The van der Waals surface area contributed by atoms with Crippen molar-refractivity contribution in [3.05, 3.63) is 64.2 Å². The molecule has 178 valence electrons.